The van der Waals surface area contributed by atoms with E-state index in [1.807, 2.05) is 30.3 Å². The highest BCUT2D eigenvalue weighted by atomic mass is 16.2. The minimum Gasteiger partial charge on any atom is -0.368 e. The number of hydrogen-bond acceptors (Lipinski definition) is 4. The van der Waals surface area contributed by atoms with E-state index in [0.29, 0.717) is 25.8 Å². The van der Waals surface area contributed by atoms with Crippen molar-refractivity contribution in [1.82, 2.24) is 15.5 Å². The molecule has 30 heavy (non-hydrogen) atoms. The second-order valence-corrected chi connectivity index (χ2v) is 7.62. The van der Waals surface area contributed by atoms with Crippen LogP contribution in [0.4, 0.5) is 4.79 Å². The largest absolute Gasteiger partial charge is 0.368 e. The highest BCUT2D eigenvalue weighted by Gasteiger charge is 2.43. The first-order chi connectivity index (χ1) is 14.4. The van der Waals surface area contributed by atoms with Crippen LogP contribution in [0.3, 0.4) is 0 Å². The maximum Gasteiger partial charge on any atom is 0.325 e. The molecule has 164 valence electrons. The lowest BCUT2D eigenvalue weighted by Gasteiger charge is -2.22. The van der Waals surface area contributed by atoms with Crippen molar-refractivity contribution in [3.8, 4) is 0 Å². The van der Waals surface area contributed by atoms with Crippen LogP contribution in [0.1, 0.15) is 57.4 Å². The molecule has 1 aromatic carbocycles. The number of amides is 5. The van der Waals surface area contributed by atoms with E-state index in [0.717, 1.165) is 36.1 Å². The lowest BCUT2D eigenvalue weighted by Crippen LogP contribution is -2.48. The number of nitrogens with two attached hydrogens (primary N) is 1. The highest BCUT2D eigenvalue weighted by Crippen LogP contribution is 2.17. The van der Waals surface area contributed by atoms with E-state index in [2.05, 4.69) is 17.6 Å². The van der Waals surface area contributed by atoms with Crippen molar-refractivity contribution in [3.63, 3.8) is 0 Å². The van der Waals surface area contributed by atoms with Gasteiger partial charge in [-0.3, -0.25) is 14.4 Å². The van der Waals surface area contributed by atoms with Gasteiger partial charge in [-0.2, -0.15) is 0 Å². The molecule has 1 aromatic rings. The van der Waals surface area contributed by atoms with Crippen LogP contribution in [0.15, 0.2) is 30.3 Å². The number of nitrogens with zero attached hydrogens (tertiary/aromatic N) is 1. The van der Waals surface area contributed by atoms with Crippen LogP contribution in [0.5, 0.6) is 0 Å². The molecule has 4 N–H and O–H groups in total. The summed E-state index contributed by atoms with van der Waals surface area (Å²) in [7, 11) is 0. The number of hydrogen-bond donors (Lipinski definition) is 3. The molecule has 2 rings (SSSR count). The maximum absolute atomic E-state index is 12.7. The Bertz CT molecular complexity index is 738. The van der Waals surface area contributed by atoms with E-state index < -0.39 is 29.9 Å². The van der Waals surface area contributed by atoms with Gasteiger partial charge in [0.05, 0.1) is 0 Å². The maximum atomic E-state index is 12.7. The first kappa shape index (κ1) is 23.4. The third kappa shape index (κ3) is 6.86. The van der Waals surface area contributed by atoms with E-state index in [9.17, 15) is 19.2 Å². The smallest absolute Gasteiger partial charge is 0.325 e. The number of unbranched alkanes of at least 4 members (excludes halogenated alkanes) is 3. The van der Waals surface area contributed by atoms with Gasteiger partial charge in [0.25, 0.3) is 5.91 Å². The molecule has 0 aliphatic carbocycles. The number of rotatable bonds is 13. The number of carbonyl (C=O) groups excluding carboxylic acids is 4. The van der Waals surface area contributed by atoms with Crippen molar-refractivity contribution in [2.75, 3.05) is 6.54 Å². The van der Waals surface area contributed by atoms with E-state index in [1.54, 1.807) is 0 Å². The molecule has 8 nitrogen and oxygen atoms in total. The monoisotopic (exact) mass is 416 g/mol. The molecule has 1 heterocycles. The van der Waals surface area contributed by atoms with Crippen molar-refractivity contribution in [1.29, 1.82) is 0 Å². The average Bonchev–Trinajstić information content (AvgIpc) is 2.99. The summed E-state index contributed by atoms with van der Waals surface area (Å²) >= 11 is 0. The van der Waals surface area contributed by atoms with Crippen molar-refractivity contribution in [3.05, 3.63) is 35.9 Å². The SMILES string of the molecule is CCCCCCC(=O)NCCCC(C(N)=O)N1C(=O)NC(Cc2ccccc2)C1=O. The zero-order valence-electron chi connectivity index (χ0n) is 17.6. The van der Waals surface area contributed by atoms with E-state index in [1.165, 1.54) is 0 Å². The van der Waals surface area contributed by atoms with E-state index >= 15 is 0 Å². The fourth-order valence-corrected chi connectivity index (χ4v) is 3.55. The Morgan fingerprint density at radius 1 is 1.13 bits per heavy atom. The van der Waals surface area contributed by atoms with Crippen molar-refractivity contribution < 1.29 is 19.2 Å². The summed E-state index contributed by atoms with van der Waals surface area (Å²) in [6, 6.07) is 6.99. The molecule has 8 heteroatoms. The molecule has 0 radical (unpaired) electrons. The minimum absolute atomic E-state index is 0.0281. The standard InChI is InChI=1S/C22H32N4O4/c1-2-3-4-8-13-19(27)24-14-9-12-18(20(23)28)26-21(29)17(25-22(26)30)15-16-10-6-5-7-11-16/h5-7,10-11,17-18H,2-4,8-9,12-15H2,1H3,(H2,23,28)(H,24,27)(H,25,30). The van der Waals surface area contributed by atoms with Gasteiger partial charge in [-0.1, -0.05) is 56.5 Å². The molecule has 5 amide bonds. The fourth-order valence-electron chi connectivity index (χ4n) is 3.55. The summed E-state index contributed by atoms with van der Waals surface area (Å²) in [6.07, 6.45) is 5.60. The Labute approximate surface area is 177 Å². The Kier molecular flexibility index (Phi) is 9.31. The summed E-state index contributed by atoms with van der Waals surface area (Å²) in [5.41, 5.74) is 6.39. The Morgan fingerprint density at radius 2 is 1.87 bits per heavy atom. The summed E-state index contributed by atoms with van der Waals surface area (Å²) in [5, 5.41) is 5.45. The normalized spacial score (nSPS) is 17.0. The molecule has 2 unspecified atom stereocenters. The number of urea groups is 1. The van der Waals surface area contributed by atoms with Crippen LogP contribution < -0.4 is 16.4 Å². The summed E-state index contributed by atoms with van der Waals surface area (Å²) in [5.74, 6) is -1.21. The summed E-state index contributed by atoms with van der Waals surface area (Å²) in [4.78, 5) is 49.8. The first-order valence-electron chi connectivity index (χ1n) is 10.7. The van der Waals surface area contributed by atoms with Gasteiger partial charge in [0.15, 0.2) is 0 Å². The molecule has 1 aliphatic heterocycles. The van der Waals surface area contributed by atoms with Crippen LogP contribution in [-0.4, -0.2) is 47.3 Å². The highest BCUT2D eigenvalue weighted by molar-refractivity contribution is 6.07. The first-order valence-corrected chi connectivity index (χ1v) is 10.7. The lowest BCUT2D eigenvalue weighted by atomic mass is 10.0. The van der Waals surface area contributed by atoms with Crippen molar-refractivity contribution in [2.45, 2.75) is 70.4 Å². The van der Waals surface area contributed by atoms with Crippen LogP contribution in [0, 0.1) is 0 Å². The van der Waals surface area contributed by atoms with Crippen LogP contribution >= 0.6 is 0 Å². The molecule has 1 saturated heterocycles. The molecule has 0 saturated carbocycles. The lowest BCUT2D eigenvalue weighted by molar-refractivity contribution is -0.135. The summed E-state index contributed by atoms with van der Waals surface area (Å²) < 4.78 is 0. The van der Waals surface area contributed by atoms with Gasteiger partial charge in [-0.05, 0) is 24.8 Å². The van der Waals surface area contributed by atoms with E-state index in [4.69, 9.17) is 5.73 Å². The average molecular weight is 417 g/mol. The molecular weight excluding hydrogens is 384 g/mol. The number of primary amides is 1. The zero-order chi connectivity index (χ0) is 21.9. The third-order valence-corrected chi connectivity index (χ3v) is 5.21. The predicted molar refractivity (Wildman–Crippen MR) is 113 cm³/mol. The van der Waals surface area contributed by atoms with Crippen molar-refractivity contribution >= 4 is 23.8 Å². The van der Waals surface area contributed by atoms with Gasteiger partial charge in [-0.15, -0.1) is 0 Å². The molecule has 0 spiro atoms. The molecule has 0 aromatic heterocycles. The minimum atomic E-state index is -1.03. The molecule has 0 bridgehead atoms. The van der Waals surface area contributed by atoms with Gasteiger partial charge in [-0.25, -0.2) is 9.69 Å². The fraction of sp³-hybridized carbons (Fsp3) is 0.545. The number of carbonyl (C=O) groups is 4. The quantitative estimate of drug-likeness (QED) is 0.336. The Balaban J connectivity index is 1.83. The molecule has 1 fully saturated rings. The van der Waals surface area contributed by atoms with Crippen LogP contribution in [-0.2, 0) is 20.8 Å². The molecule has 1 aliphatic rings. The zero-order valence-corrected chi connectivity index (χ0v) is 17.6. The second kappa shape index (κ2) is 11.9. The molecular formula is C22H32N4O4. The third-order valence-electron chi connectivity index (χ3n) is 5.21. The number of benzene rings is 1. The topological polar surface area (TPSA) is 122 Å². The van der Waals surface area contributed by atoms with Crippen LogP contribution in [0.25, 0.3) is 0 Å². The Hall–Kier alpha value is -2.90. The summed E-state index contributed by atoms with van der Waals surface area (Å²) in [6.45, 7) is 2.48. The van der Waals surface area contributed by atoms with Gasteiger partial charge < -0.3 is 16.4 Å². The van der Waals surface area contributed by atoms with Crippen LogP contribution in [0.2, 0.25) is 0 Å². The second-order valence-electron chi connectivity index (χ2n) is 7.62. The van der Waals surface area contributed by atoms with E-state index in [-0.39, 0.29) is 12.3 Å². The van der Waals surface area contributed by atoms with Crippen molar-refractivity contribution in [2.24, 2.45) is 5.73 Å². The van der Waals surface area contributed by atoms with Gasteiger partial charge in [0.2, 0.25) is 11.8 Å². The van der Waals surface area contributed by atoms with Gasteiger partial charge >= 0.3 is 6.03 Å². The van der Waals surface area contributed by atoms with Gasteiger partial charge in [0.1, 0.15) is 12.1 Å². The van der Waals surface area contributed by atoms with Gasteiger partial charge in [0, 0.05) is 19.4 Å². The predicted octanol–water partition coefficient (Wildman–Crippen LogP) is 1.87. The Morgan fingerprint density at radius 3 is 2.53 bits per heavy atom. The number of nitrogens with one attached hydrogen (secondary N) is 2. The molecule has 2 atom stereocenters. The number of imide groups is 1.